The predicted octanol–water partition coefficient (Wildman–Crippen LogP) is 4.83. The minimum absolute atomic E-state index is 0.161. The number of carbonyl (C=O) groups excluding carboxylic acids is 1. The molecule has 0 radical (unpaired) electrons. The van der Waals surface area contributed by atoms with Crippen molar-refractivity contribution in [2.45, 2.75) is 64.6 Å². The Kier molecular flexibility index (Phi) is 7.35. The average Bonchev–Trinajstić information content (AvgIpc) is 3.24. The van der Waals surface area contributed by atoms with E-state index in [1.54, 1.807) is 6.07 Å². The van der Waals surface area contributed by atoms with E-state index in [0.29, 0.717) is 24.2 Å². The molecule has 35 heavy (non-hydrogen) atoms. The van der Waals surface area contributed by atoms with Crippen LogP contribution in [0.15, 0.2) is 48.9 Å². The van der Waals surface area contributed by atoms with Crippen LogP contribution < -0.4 is 21.3 Å². The van der Waals surface area contributed by atoms with Crippen molar-refractivity contribution in [3.63, 3.8) is 0 Å². The number of nitrogens with zero attached hydrogens (tertiary/aromatic N) is 3. The molecule has 0 aliphatic carbocycles. The molecule has 1 fully saturated rings. The van der Waals surface area contributed by atoms with Crippen molar-refractivity contribution in [3.05, 3.63) is 60.1 Å². The number of hydrogen-bond acceptors (Lipinski definition) is 6. The molecule has 1 atom stereocenters. The van der Waals surface area contributed by atoms with Gasteiger partial charge in [-0.1, -0.05) is 26.0 Å². The van der Waals surface area contributed by atoms with Crippen molar-refractivity contribution in [2.75, 3.05) is 22.5 Å². The summed E-state index contributed by atoms with van der Waals surface area (Å²) in [5, 5.41) is 17.9. The van der Waals surface area contributed by atoms with Crippen LogP contribution in [0.3, 0.4) is 0 Å². The number of rotatable bonds is 8. The zero-order chi connectivity index (χ0) is 25.0. The highest BCUT2D eigenvalue weighted by Crippen LogP contribution is 2.26. The molecule has 3 aromatic rings. The number of carbonyl (C=O) groups is 1. The van der Waals surface area contributed by atoms with Gasteiger partial charge in [0.2, 0.25) is 0 Å². The van der Waals surface area contributed by atoms with Crippen molar-refractivity contribution in [1.29, 1.82) is 0 Å². The van der Waals surface area contributed by atoms with Crippen LogP contribution in [-0.2, 0) is 11.3 Å². The van der Waals surface area contributed by atoms with Crippen LogP contribution in [0.2, 0.25) is 0 Å². The number of amides is 1. The van der Waals surface area contributed by atoms with Crippen LogP contribution in [0.4, 0.5) is 21.7 Å². The molecule has 186 valence electrons. The summed E-state index contributed by atoms with van der Waals surface area (Å²) in [6.45, 7) is 10.1. The van der Waals surface area contributed by atoms with Gasteiger partial charge >= 0.3 is 0 Å². The number of fused-ring (bicyclic) bond motifs is 1. The van der Waals surface area contributed by atoms with Gasteiger partial charge in [0.1, 0.15) is 11.6 Å². The van der Waals surface area contributed by atoms with Gasteiger partial charge in [0.05, 0.1) is 12.5 Å². The van der Waals surface area contributed by atoms with E-state index < -0.39 is 5.91 Å². The lowest BCUT2D eigenvalue weighted by Crippen LogP contribution is -2.50. The maximum Gasteiger partial charge on any atom is 0.250 e. The first-order valence-corrected chi connectivity index (χ1v) is 12.0. The first-order chi connectivity index (χ1) is 16.7. The van der Waals surface area contributed by atoms with Crippen LogP contribution in [0.5, 0.6) is 0 Å². The molecule has 1 saturated heterocycles. The third-order valence-corrected chi connectivity index (χ3v) is 6.30. The van der Waals surface area contributed by atoms with Gasteiger partial charge in [-0.05, 0) is 50.3 Å². The van der Waals surface area contributed by atoms with Gasteiger partial charge in [0, 0.05) is 48.1 Å². The first-order valence-electron chi connectivity index (χ1n) is 12.0. The molecule has 4 rings (SSSR count). The molecule has 1 aliphatic heterocycles. The number of nitrogens with one attached hydrogen (secondary N) is 4. The molecular formula is C26H34FN7O. The highest BCUT2D eigenvalue weighted by molar-refractivity contribution is 5.99. The summed E-state index contributed by atoms with van der Waals surface area (Å²) in [5.74, 6) is 1.41. The lowest BCUT2D eigenvalue weighted by atomic mass is 9.91. The van der Waals surface area contributed by atoms with Crippen molar-refractivity contribution < 1.29 is 9.18 Å². The minimum Gasteiger partial charge on any atom is -0.366 e. The molecule has 1 unspecified atom stereocenters. The van der Waals surface area contributed by atoms with Crippen molar-refractivity contribution in [1.82, 2.24) is 19.9 Å². The van der Waals surface area contributed by atoms with Crippen LogP contribution in [0, 0.1) is 0 Å². The van der Waals surface area contributed by atoms with E-state index in [2.05, 4.69) is 54.1 Å². The third kappa shape index (κ3) is 6.16. The Labute approximate surface area is 205 Å². The molecule has 3 heterocycles. The van der Waals surface area contributed by atoms with E-state index in [1.165, 1.54) is 0 Å². The Hall–Kier alpha value is -3.46. The molecule has 2 aromatic heterocycles. The quantitative estimate of drug-likeness (QED) is 0.346. The molecule has 0 saturated carbocycles. The molecule has 0 bridgehead atoms. The van der Waals surface area contributed by atoms with Crippen molar-refractivity contribution >= 4 is 28.9 Å². The topological polar surface area (TPSA) is 95.4 Å². The Morgan fingerprint density at radius 3 is 2.89 bits per heavy atom. The number of hydrogen-bond donors (Lipinski definition) is 4. The highest BCUT2D eigenvalue weighted by Gasteiger charge is 2.26. The second kappa shape index (κ2) is 10.4. The Morgan fingerprint density at radius 1 is 1.34 bits per heavy atom. The fourth-order valence-electron chi connectivity index (χ4n) is 4.24. The number of halogens is 1. The summed E-state index contributed by atoms with van der Waals surface area (Å²) in [5.41, 5.74) is 3.64. The fraction of sp³-hybridized carbons (Fsp3) is 0.423. The zero-order valence-corrected chi connectivity index (χ0v) is 20.7. The van der Waals surface area contributed by atoms with E-state index in [9.17, 15) is 9.18 Å². The monoisotopic (exact) mass is 479 g/mol. The Morgan fingerprint density at radius 2 is 2.17 bits per heavy atom. The Balaban J connectivity index is 1.55. The lowest BCUT2D eigenvalue weighted by molar-refractivity contribution is -0.111. The first kappa shape index (κ1) is 24.7. The van der Waals surface area contributed by atoms with Gasteiger partial charge in [-0.3, -0.25) is 4.79 Å². The van der Waals surface area contributed by atoms with Gasteiger partial charge in [0.15, 0.2) is 5.65 Å². The smallest absolute Gasteiger partial charge is 0.250 e. The van der Waals surface area contributed by atoms with Crippen LogP contribution in [0.1, 0.15) is 57.6 Å². The molecule has 1 amide bonds. The van der Waals surface area contributed by atoms with Gasteiger partial charge in [-0.25, -0.2) is 9.37 Å². The van der Waals surface area contributed by atoms with E-state index in [1.807, 2.05) is 35.0 Å². The van der Waals surface area contributed by atoms with E-state index >= 15 is 0 Å². The average molecular weight is 480 g/mol. The number of anilines is 3. The summed E-state index contributed by atoms with van der Waals surface area (Å²) in [6.07, 6.45) is 5.11. The van der Waals surface area contributed by atoms with Crippen LogP contribution >= 0.6 is 0 Å². The lowest BCUT2D eigenvalue weighted by Gasteiger charge is -2.36. The van der Waals surface area contributed by atoms with Crippen molar-refractivity contribution in [2.24, 2.45) is 0 Å². The van der Waals surface area contributed by atoms with Gasteiger partial charge < -0.3 is 21.3 Å². The molecule has 1 aromatic carbocycles. The predicted molar refractivity (Wildman–Crippen MR) is 138 cm³/mol. The number of benzene rings is 1. The number of aromatic nitrogens is 3. The summed E-state index contributed by atoms with van der Waals surface area (Å²) in [7, 11) is 0. The normalized spacial score (nSPS) is 17.7. The zero-order valence-electron chi connectivity index (χ0n) is 20.7. The molecular weight excluding hydrogens is 445 g/mol. The molecule has 1 aliphatic rings. The van der Waals surface area contributed by atoms with Crippen LogP contribution in [0.25, 0.3) is 5.65 Å². The minimum atomic E-state index is -0.512. The largest absolute Gasteiger partial charge is 0.366 e. The SMILES string of the molecule is CC(C)c1cnn2c(NCc3cccc(NC(=O)C=CF)c3)cc(NC3CCC(C)(C)NC3)nc12. The van der Waals surface area contributed by atoms with E-state index in [4.69, 9.17) is 4.98 Å². The fourth-order valence-corrected chi connectivity index (χ4v) is 4.24. The highest BCUT2D eigenvalue weighted by atomic mass is 19.1. The van der Waals surface area contributed by atoms with Gasteiger partial charge in [0.25, 0.3) is 5.91 Å². The number of piperidine rings is 1. The summed E-state index contributed by atoms with van der Waals surface area (Å²) in [4.78, 5) is 16.6. The Bertz CT molecular complexity index is 1210. The van der Waals surface area contributed by atoms with Gasteiger partial charge in [-0.2, -0.15) is 9.61 Å². The third-order valence-electron chi connectivity index (χ3n) is 6.30. The molecule has 8 nitrogen and oxygen atoms in total. The van der Waals surface area contributed by atoms with E-state index in [-0.39, 0.29) is 11.9 Å². The maximum atomic E-state index is 12.3. The molecule has 9 heteroatoms. The molecule has 0 spiro atoms. The van der Waals surface area contributed by atoms with Gasteiger partial charge in [-0.15, -0.1) is 0 Å². The second-order valence-corrected chi connectivity index (χ2v) is 10.00. The van der Waals surface area contributed by atoms with E-state index in [0.717, 1.165) is 53.9 Å². The second-order valence-electron chi connectivity index (χ2n) is 10.00. The summed E-state index contributed by atoms with van der Waals surface area (Å²) < 4.78 is 14.1. The summed E-state index contributed by atoms with van der Waals surface area (Å²) in [6, 6.07) is 9.72. The van der Waals surface area contributed by atoms with Crippen LogP contribution in [-0.4, -0.2) is 38.6 Å². The summed E-state index contributed by atoms with van der Waals surface area (Å²) >= 11 is 0. The maximum absolute atomic E-state index is 12.3. The van der Waals surface area contributed by atoms with Crippen molar-refractivity contribution in [3.8, 4) is 0 Å². The standard InChI is InChI=1S/C26H34FN7O/c1-17(2)21-16-30-34-23(28-14-18-6-5-7-19(12-18)32-24(35)9-11-27)13-22(33-25(21)34)31-20-8-10-26(3,4)29-15-20/h5-7,9,11-13,16-17,20,28-29H,8,10,14-15H2,1-4H3,(H,31,33)(H,32,35). The molecule has 4 N–H and O–H groups in total.